The summed E-state index contributed by atoms with van der Waals surface area (Å²) in [6.45, 7) is 8.26. The van der Waals surface area contributed by atoms with Crippen molar-refractivity contribution >= 4 is 6.09 Å². The van der Waals surface area contributed by atoms with Crippen LogP contribution >= 0.6 is 0 Å². The fourth-order valence-electron chi connectivity index (χ4n) is 2.71. The van der Waals surface area contributed by atoms with Gasteiger partial charge < -0.3 is 14.8 Å². The van der Waals surface area contributed by atoms with Crippen LogP contribution in [0.3, 0.4) is 0 Å². The van der Waals surface area contributed by atoms with Crippen molar-refractivity contribution in [2.75, 3.05) is 6.61 Å². The van der Waals surface area contributed by atoms with Gasteiger partial charge in [0.1, 0.15) is 5.60 Å². The zero-order valence-electron chi connectivity index (χ0n) is 13.3. The van der Waals surface area contributed by atoms with Crippen LogP contribution in [0.4, 0.5) is 4.79 Å². The molecule has 0 saturated heterocycles. The number of benzene rings is 1. The Morgan fingerprint density at radius 2 is 2.05 bits per heavy atom. The van der Waals surface area contributed by atoms with Crippen LogP contribution in [0.1, 0.15) is 51.3 Å². The van der Waals surface area contributed by atoms with Gasteiger partial charge in [0.05, 0.1) is 6.10 Å². The zero-order valence-corrected chi connectivity index (χ0v) is 13.3. The number of hydrogen-bond acceptors (Lipinski definition) is 3. The molecule has 1 aromatic rings. The van der Waals surface area contributed by atoms with Crippen LogP contribution in [-0.2, 0) is 15.9 Å². The van der Waals surface area contributed by atoms with Crippen LogP contribution in [0.2, 0.25) is 0 Å². The second kappa shape index (κ2) is 6.48. The van der Waals surface area contributed by atoms with E-state index in [1.807, 2.05) is 39.8 Å². The summed E-state index contributed by atoms with van der Waals surface area (Å²) in [5, 5.41) is 2.96. The lowest BCUT2D eigenvalue weighted by atomic mass is 9.86. The van der Waals surface area contributed by atoms with E-state index in [1.54, 1.807) is 0 Å². The number of hydrogen-bond donors (Lipinski definition) is 1. The maximum absolute atomic E-state index is 11.9. The van der Waals surface area contributed by atoms with Crippen molar-refractivity contribution in [2.45, 2.75) is 58.3 Å². The standard InChI is InChI=1S/C17H25NO3/c1-5-20-15-11-13(18-16(19)21-17(2,3)4)10-12-8-6-7-9-14(12)15/h6-9,13,15H,5,10-11H2,1-4H3,(H,18,19). The summed E-state index contributed by atoms with van der Waals surface area (Å²) in [5.41, 5.74) is 2.00. The van der Waals surface area contributed by atoms with Gasteiger partial charge in [-0.2, -0.15) is 0 Å². The normalized spacial score (nSPS) is 21.5. The van der Waals surface area contributed by atoms with Gasteiger partial charge in [-0.1, -0.05) is 24.3 Å². The van der Waals surface area contributed by atoms with Gasteiger partial charge in [-0.15, -0.1) is 0 Å². The summed E-state index contributed by atoms with van der Waals surface area (Å²) in [6.07, 6.45) is 1.28. The number of fused-ring (bicyclic) bond motifs is 1. The van der Waals surface area contributed by atoms with E-state index < -0.39 is 5.60 Å². The van der Waals surface area contributed by atoms with E-state index in [2.05, 4.69) is 17.4 Å². The first kappa shape index (κ1) is 15.8. The summed E-state index contributed by atoms with van der Waals surface area (Å²) >= 11 is 0. The molecule has 4 heteroatoms. The summed E-state index contributed by atoms with van der Waals surface area (Å²) in [5.74, 6) is 0. The Kier molecular flexibility index (Phi) is 4.88. The van der Waals surface area contributed by atoms with E-state index in [1.165, 1.54) is 11.1 Å². The number of nitrogens with one attached hydrogen (secondary N) is 1. The van der Waals surface area contributed by atoms with Crippen molar-refractivity contribution in [3.8, 4) is 0 Å². The Bertz CT molecular complexity index is 493. The Morgan fingerprint density at radius 3 is 2.71 bits per heavy atom. The lowest BCUT2D eigenvalue weighted by Crippen LogP contribution is -2.43. The molecule has 2 rings (SSSR count). The molecule has 0 saturated carbocycles. The summed E-state index contributed by atoms with van der Waals surface area (Å²) in [6, 6.07) is 8.32. The molecule has 1 N–H and O–H groups in total. The first-order valence-corrected chi connectivity index (χ1v) is 7.58. The van der Waals surface area contributed by atoms with Crippen molar-refractivity contribution in [3.63, 3.8) is 0 Å². The molecule has 1 aliphatic carbocycles. The molecule has 21 heavy (non-hydrogen) atoms. The van der Waals surface area contributed by atoms with Gasteiger partial charge in [0, 0.05) is 12.6 Å². The first-order valence-electron chi connectivity index (χ1n) is 7.58. The predicted octanol–water partition coefficient (Wildman–Crippen LogP) is 3.60. The van der Waals surface area contributed by atoms with Gasteiger partial charge >= 0.3 is 6.09 Å². The average molecular weight is 291 g/mol. The zero-order chi connectivity index (χ0) is 15.5. The van der Waals surface area contributed by atoms with E-state index in [4.69, 9.17) is 9.47 Å². The minimum Gasteiger partial charge on any atom is -0.444 e. The van der Waals surface area contributed by atoms with Crippen molar-refractivity contribution in [1.29, 1.82) is 0 Å². The average Bonchev–Trinajstić information content (AvgIpc) is 2.36. The van der Waals surface area contributed by atoms with Crippen LogP contribution in [0.25, 0.3) is 0 Å². The lowest BCUT2D eigenvalue weighted by Gasteiger charge is -2.32. The highest BCUT2D eigenvalue weighted by molar-refractivity contribution is 5.68. The summed E-state index contributed by atoms with van der Waals surface area (Å²) in [7, 11) is 0. The van der Waals surface area contributed by atoms with Crippen LogP contribution in [0, 0.1) is 0 Å². The van der Waals surface area contributed by atoms with Crippen molar-refractivity contribution in [1.82, 2.24) is 5.32 Å². The minimum atomic E-state index is -0.476. The number of ether oxygens (including phenoxy) is 2. The lowest BCUT2D eigenvalue weighted by molar-refractivity contribution is 0.0322. The minimum absolute atomic E-state index is 0.0416. The third-order valence-corrected chi connectivity index (χ3v) is 3.46. The molecule has 116 valence electrons. The van der Waals surface area contributed by atoms with Gasteiger partial charge in [0.15, 0.2) is 0 Å². The van der Waals surface area contributed by atoms with Gasteiger partial charge in [-0.05, 0) is 51.7 Å². The summed E-state index contributed by atoms with van der Waals surface area (Å²) in [4.78, 5) is 11.9. The maximum atomic E-state index is 11.9. The van der Waals surface area contributed by atoms with E-state index >= 15 is 0 Å². The molecular formula is C17H25NO3. The molecule has 2 unspecified atom stereocenters. The number of rotatable bonds is 3. The third kappa shape index (κ3) is 4.46. The van der Waals surface area contributed by atoms with E-state index in [-0.39, 0.29) is 18.2 Å². The smallest absolute Gasteiger partial charge is 0.407 e. The molecule has 1 aromatic carbocycles. The highest BCUT2D eigenvalue weighted by Gasteiger charge is 2.29. The van der Waals surface area contributed by atoms with Crippen molar-refractivity contribution < 1.29 is 14.3 Å². The monoisotopic (exact) mass is 291 g/mol. The number of carbonyl (C=O) groups is 1. The second-order valence-electron chi connectivity index (χ2n) is 6.43. The molecule has 2 atom stereocenters. The van der Waals surface area contributed by atoms with Gasteiger partial charge in [-0.25, -0.2) is 4.79 Å². The van der Waals surface area contributed by atoms with Crippen molar-refractivity contribution in [3.05, 3.63) is 35.4 Å². The SMILES string of the molecule is CCOC1CC(NC(=O)OC(C)(C)C)Cc2ccccc21. The summed E-state index contributed by atoms with van der Waals surface area (Å²) < 4.78 is 11.2. The fourth-order valence-corrected chi connectivity index (χ4v) is 2.71. The molecule has 0 bridgehead atoms. The molecule has 1 aliphatic rings. The van der Waals surface area contributed by atoms with Gasteiger partial charge in [0.25, 0.3) is 0 Å². The largest absolute Gasteiger partial charge is 0.444 e. The Hall–Kier alpha value is -1.55. The number of amides is 1. The molecule has 0 radical (unpaired) electrons. The highest BCUT2D eigenvalue weighted by atomic mass is 16.6. The van der Waals surface area contributed by atoms with Crippen molar-refractivity contribution in [2.24, 2.45) is 0 Å². The third-order valence-electron chi connectivity index (χ3n) is 3.46. The van der Waals surface area contributed by atoms with E-state index in [9.17, 15) is 4.79 Å². The molecule has 0 aliphatic heterocycles. The van der Waals surface area contributed by atoms with Crippen LogP contribution < -0.4 is 5.32 Å². The molecule has 0 spiro atoms. The topological polar surface area (TPSA) is 47.6 Å². The van der Waals surface area contributed by atoms with Gasteiger partial charge in [-0.3, -0.25) is 0 Å². The molecule has 1 amide bonds. The van der Waals surface area contributed by atoms with Gasteiger partial charge in [0.2, 0.25) is 0 Å². The van der Waals surface area contributed by atoms with E-state index in [0.717, 1.165) is 12.8 Å². The molecule has 0 aromatic heterocycles. The Morgan fingerprint density at radius 1 is 1.33 bits per heavy atom. The number of carbonyl (C=O) groups excluding carboxylic acids is 1. The maximum Gasteiger partial charge on any atom is 0.407 e. The highest BCUT2D eigenvalue weighted by Crippen LogP contribution is 2.32. The van der Waals surface area contributed by atoms with Crippen LogP contribution in [0.15, 0.2) is 24.3 Å². The first-order chi connectivity index (χ1) is 9.89. The second-order valence-corrected chi connectivity index (χ2v) is 6.43. The molecular weight excluding hydrogens is 266 g/mol. The van der Waals surface area contributed by atoms with Crippen LogP contribution in [-0.4, -0.2) is 24.3 Å². The molecule has 0 heterocycles. The Labute approximate surface area is 126 Å². The fraction of sp³-hybridized carbons (Fsp3) is 0.588. The Balaban J connectivity index is 2.05. The predicted molar refractivity (Wildman–Crippen MR) is 82.3 cm³/mol. The van der Waals surface area contributed by atoms with E-state index in [0.29, 0.717) is 6.61 Å². The quantitative estimate of drug-likeness (QED) is 0.925. The number of alkyl carbamates (subject to hydrolysis) is 1. The molecule has 0 fully saturated rings. The molecule has 4 nitrogen and oxygen atoms in total. The van der Waals surface area contributed by atoms with Crippen LogP contribution in [0.5, 0.6) is 0 Å².